The first-order valence-corrected chi connectivity index (χ1v) is 9.57. The predicted octanol–water partition coefficient (Wildman–Crippen LogP) is 3.20. The fourth-order valence-corrected chi connectivity index (χ4v) is 3.24. The van der Waals surface area contributed by atoms with Crippen LogP contribution >= 0.6 is 11.6 Å². The zero-order valence-corrected chi connectivity index (χ0v) is 16.7. The summed E-state index contributed by atoms with van der Waals surface area (Å²) in [5.74, 6) is -0.366. The van der Waals surface area contributed by atoms with Crippen molar-refractivity contribution in [1.29, 1.82) is 0 Å². The molecule has 0 aliphatic carbocycles. The van der Waals surface area contributed by atoms with Crippen LogP contribution in [-0.4, -0.2) is 36.4 Å². The Balaban J connectivity index is 1.65. The molecular formula is C20H16ClFN6O3. The molecule has 1 atom stereocenters. The zero-order chi connectivity index (χ0) is 21.8. The van der Waals surface area contributed by atoms with Gasteiger partial charge in [-0.05, 0) is 36.2 Å². The molecule has 1 aromatic carbocycles. The fourth-order valence-electron chi connectivity index (χ4n) is 3.12. The number of nitrogens with zero attached hydrogens (tertiary/aromatic N) is 5. The molecule has 31 heavy (non-hydrogen) atoms. The van der Waals surface area contributed by atoms with Crippen molar-refractivity contribution in [1.82, 2.24) is 24.7 Å². The molecule has 0 radical (unpaired) electrons. The number of halogens is 2. The predicted molar refractivity (Wildman–Crippen MR) is 111 cm³/mol. The van der Waals surface area contributed by atoms with Crippen molar-refractivity contribution in [2.75, 3.05) is 11.9 Å². The third-order valence-electron chi connectivity index (χ3n) is 4.55. The molecule has 0 saturated carbocycles. The first-order chi connectivity index (χ1) is 15.0. The summed E-state index contributed by atoms with van der Waals surface area (Å²) in [5, 5.41) is 19.5. The first-order valence-electron chi connectivity index (χ1n) is 9.20. The molecule has 3 aromatic heterocycles. The first kappa shape index (κ1) is 20.6. The second-order valence-corrected chi connectivity index (χ2v) is 6.90. The van der Waals surface area contributed by atoms with Gasteiger partial charge in [-0.15, -0.1) is 5.10 Å². The average molecular weight is 443 g/mol. The third kappa shape index (κ3) is 4.60. The Labute approximate surface area is 180 Å². The number of aliphatic hydroxyl groups is 1. The highest BCUT2D eigenvalue weighted by atomic mass is 35.5. The summed E-state index contributed by atoms with van der Waals surface area (Å²) in [6, 6.07) is 8.67. The normalized spacial score (nSPS) is 12.0. The molecule has 2 N–H and O–H groups in total. The van der Waals surface area contributed by atoms with Gasteiger partial charge in [-0.3, -0.25) is 10.1 Å². The molecule has 4 aromatic rings. The minimum absolute atomic E-state index is 0.0112. The van der Waals surface area contributed by atoms with Crippen molar-refractivity contribution < 1.29 is 13.9 Å². The summed E-state index contributed by atoms with van der Waals surface area (Å²) in [6.07, 6.45) is 4.50. The van der Waals surface area contributed by atoms with E-state index in [0.717, 1.165) is 0 Å². The van der Waals surface area contributed by atoms with Crippen molar-refractivity contribution in [3.05, 3.63) is 81.9 Å². The van der Waals surface area contributed by atoms with Crippen LogP contribution in [0.25, 0.3) is 11.3 Å². The van der Waals surface area contributed by atoms with E-state index in [2.05, 4.69) is 25.5 Å². The van der Waals surface area contributed by atoms with Crippen LogP contribution in [-0.2, 0) is 0 Å². The van der Waals surface area contributed by atoms with Crippen LogP contribution in [0.2, 0.25) is 5.02 Å². The van der Waals surface area contributed by atoms with Gasteiger partial charge < -0.3 is 14.1 Å². The van der Waals surface area contributed by atoms with Crippen molar-refractivity contribution in [3.8, 4) is 11.3 Å². The van der Waals surface area contributed by atoms with Crippen LogP contribution in [0.5, 0.6) is 0 Å². The molecule has 0 fully saturated rings. The lowest BCUT2D eigenvalue weighted by molar-refractivity contribution is 0.266. The number of rotatable bonds is 7. The van der Waals surface area contributed by atoms with Crippen molar-refractivity contribution >= 4 is 23.6 Å². The van der Waals surface area contributed by atoms with Crippen molar-refractivity contribution in [2.45, 2.75) is 12.5 Å². The largest absolute Gasteiger partial charge is 0.411 e. The van der Waals surface area contributed by atoms with E-state index in [1.807, 2.05) is 0 Å². The van der Waals surface area contributed by atoms with Crippen LogP contribution in [0.1, 0.15) is 18.0 Å². The van der Waals surface area contributed by atoms with Crippen molar-refractivity contribution in [3.63, 3.8) is 0 Å². The summed E-state index contributed by atoms with van der Waals surface area (Å²) >= 11 is 5.76. The van der Waals surface area contributed by atoms with Crippen LogP contribution in [0.15, 0.2) is 64.4 Å². The van der Waals surface area contributed by atoms with E-state index in [4.69, 9.17) is 16.0 Å². The van der Waals surface area contributed by atoms with Gasteiger partial charge in [0.05, 0.1) is 16.8 Å². The van der Waals surface area contributed by atoms with Gasteiger partial charge in [0.2, 0.25) is 12.3 Å². The minimum Gasteiger partial charge on any atom is -0.411 e. The monoisotopic (exact) mass is 442 g/mol. The molecule has 9 nitrogen and oxygen atoms in total. The molecule has 0 amide bonds. The van der Waals surface area contributed by atoms with Gasteiger partial charge in [0, 0.05) is 30.6 Å². The Morgan fingerprint density at radius 3 is 2.84 bits per heavy atom. The quantitative estimate of drug-likeness (QED) is 0.448. The summed E-state index contributed by atoms with van der Waals surface area (Å²) in [7, 11) is 0. The highest BCUT2D eigenvalue weighted by molar-refractivity contribution is 6.30. The summed E-state index contributed by atoms with van der Waals surface area (Å²) in [4.78, 5) is 21.3. The van der Waals surface area contributed by atoms with Crippen LogP contribution in [0.4, 0.5) is 16.4 Å². The van der Waals surface area contributed by atoms with Crippen LogP contribution in [0, 0.1) is 5.82 Å². The maximum Gasteiger partial charge on any atom is 0.322 e. The fraction of sp³-hybridized carbons (Fsp3) is 0.150. The molecule has 3 heterocycles. The maximum absolute atomic E-state index is 13.9. The standard InChI is InChI=1S/C20H16ClFN6O3/c21-14-2-1-13(9-15(14)22)17(5-8-29)28-7-4-12(10-18(28)30)16-3-6-23-19(25-16)26-20-27-24-11-31-20/h1-4,6-7,9-11,17,29H,5,8H2,(H,23,25,26,27)/t17-/m1/s1. The Kier molecular flexibility index (Phi) is 6.01. The van der Waals surface area contributed by atoms with E-state index < -0.39 is 11.9 Å². The summed E-state index contributed by atoms with van der Waals surface area (Å²) in [6.45, 7) is -0.181. The number of benzene rings is 1. The Bertz CT molecular complexity index is 1250. The SMILES string of the molecule is O=c1cc(-c2ccnc(Nc3nnco3)n2)ccn1[C@H](CCO)c1ccc(Cl)c(F)c1. The highest BCUT2D eigenvalue weighted by Gasteiger charge is 2.17. The molecule has 4 rings (SSSR count). The van der Waals surface area contributed by atoms with E-state index in [-0.39, 0.29) is 35.6 Å². The second kappa shape index (κ2) is 9.02. The zero-order valence-electron chi connectivity index (χ0n) is 15.9. The van der Waals surface area contributed by atoms with E-state index in [1.54, 1.807) is 24.4 Å². The lowest BCUT2D eigenvalue weighted by atomic mass is 10.0. The molecule has 11 heteroatoms. The summed E-state index contributed by atoms with van der Waals surface area (Å²) in [5.41, 5.74) is 1.25. The molecule has 0 spiro atoms. The van der Waals surface area contributed by atoms with E-state index in [9.17, 15) is 14.3 Å². The van der Waals surface area contributed by atoms with E-state index in [1.165, 1.54) is 35.4 Å². The van der Waals surface area contributed by atoms with E-state index in [0.29, 0.717) is 16.8 Å². The van der Waals surface area contributed by atoms with Gasteiger partial charge in [-0.2, -0.15) is 0 Å². The molecule has 0 aliphatic rings. The van der Waals surface area contributed by atoms with Crippen molar-refractivity contribution in [2.24, 2.45) is 0 Å². The Morgan fingerprint density at radius 2 is 2.13 bits per heavy atom. The third-order valence-corrected chi connectivity index (χ3v) is 4.85. The molecule has 0 saturated heterocycles. The van der Waals surface area contributed by atoms with E-state index >= 15 is 0 Å². The molecule has 158 valence electrons. The second-order valence-electron chi connectivity index (χ2n) is 6.50. The summed E-state index contributed by atoms with van der Waals surface area (Å²) < 4.78 is 20.4. The average Bonchev–Trinajstić information content (AvgIpc) is 3.27. The molecule has 0 unspecified atom stereocenters. The Hall–Kier alpha value is -3.63. The lowest BCUT2D eigenvalue weighted by Crippen LogP contribution is -2.25. The van der Waals surface area contributed by atoms with Gasteiger partial charge in [-0.25, -0.2) is 14.4 Å². The topological polar surface area (TPSA) is 119 Å². The van der Waals surface area contributed by atoms with Crippen LogP contribution in [0.3, 0.4) is 0 Å². The smallest absolute Gasteiger partial charge is 0.322 e. The van der Waals surface area contributed by atoms with Gasteiger partial charge in [0.1, 0.15) is 5.82 Å². The molecular weight excluding hydrogens is 427 g/mol. The number of aromatic nitrogens is 5. The lowest BCUT2D eigenvalue weighted by Gasteiger charge is -2.20. The van der Waals surface area contributed by atoms with Crippen LogP contribution < -0.4 is 10.9 Å². The number of pyridine rings is 1. The van der Waals surface area contributed by atoms with Gasteiger partial charge in [-0.1, -0.05) is 22.8 Å². The molecule has 0 bridgehead atoms. The highest BCUT2D eigenvalue weighted by Crippen LogP contribution is 2.25. The maximum atomic E-state index is 13.9. The number of anilines is 2. The van der Waals surface area contributed by atoms with Gasteiger partial charge in [0.25, 0.3) is 5.56 Å². The van der Waals surface area contributed by atoms with Gasteiger partial charge >= 0.3 is 6.01 Å². The Morgan fingerprint density at radius 1 is 1.26 bits per heavy atom. The van der Waals surface area contributed by atoms with Gasteiger partial charge in [0.15, 0.2) is 0 Å². The molecule has 0 aliphatic heterocycles. The number of hydrogen-bond donors (Lipinski definition) is 2. The number of nitrogens with one attached hydrogen (secondary N) is 1. The number of aliphatic hydroxyl groups excluding tert-OH is 1. The number of hydrogen-bond acceptors (Lipinski definition) is 8. The minimum atomic E-state index is -0.589.